The van der Waals surface area contributed by atoms with Crippen molar-refractivity contribution in [1.82, 2.24) is 19.9 Å². The van der Waals surface area contributed by atoms with Gasteiger partial charge in [-0.25, -0.2) is 4.79 Å². The molecule has 9 heteroatoms. The molecule has 2 N–H and O–H groups in total. The van der Waals surface area contributed by atoms with Crippen molar-refractivity contribution in [3.8, 4) is 11.3 Å². The molecule has 0 bridgehead atoms. The summed E-state index contributed by atoms with van der Waals surface area (Å²) < 4.78 is 7.24. The molecule has 1 aliphatic rings. The molecular formula is C19H21N5O4. The number of aromatic nitrogens is 4. The third-order valence-corrected chi connectivity index (χ3v) is 5.22. The van der Waals surface area contributed by atoms with Crippen LogP contribution in [0.25, 0.3) is 11.3 Å². The van der Waals surface area contributed by atoms with E-state index in [0.29, 0.717) is 30.3 Å². The molecule has 4 rings (SSSR count). The van der Waals surface area contributed by atoms with E-state index in [-0.39, 0.29) is 23.8 Å². The number of aliphatic hydroxyl groups excluding tert-OH is 1. The molecule has 0 radical (unpaired) electrons. The van der Waals surface area contributed by atoms with Gasteiger partial charge in [-0.05, 0) is 12.8 Å². The first kappa shape index (κ1) is 18.2. The molecule has 0 amide bonds. The van der Waals surface area contributed by atoms with Crippen molar-refractivity contribution < 1.29 is 19.5 Å². The SMILES string of the molecule is Cn1c(CO)nnc1C1CCN(c2noc(-c3ccccc3)c2C(=O)O)CC1. The highest BCUT2D eigenvalue weighted by Crippen LogP contribution is 2.35. The van der Waals surface area contributed by atoms with Crippen LogP contribution in [0.4, 0.5) is 5.82 Å². The fourth-order valence-corrected chi connectivity index (χ4v) is 3.69. The number of carboxylic acid groups (broad SMARTS) is 1. The van der Waals surface area contributed by atoms with Crippen LogP contribution < -0.4 is 4.90 Å². The van der Waals surface area contributed by atoms with E-state index >= 15 is 0 Å². The summed E-state index contributed by atoms with van der Waals surface area (Å²) in [5.74, 6) is 1.15. The number of anilines is 1. The van der Waals surface area contributed by atoms with Crippen molar-refractivity contribution in [2.24, 2.45) is 7.05 Å². The predicted molar refractivity (Wildman–Crippen MR) is 100 cm³/mol. The van der Waals surface area contributed by atoms with Crippen molar-refractivity contribution >= 4 is 11.8 Å². The summed E-state index contributed by atoms with van der Waals surface area (Å²) in [7, 11) is 1.85. The van der Waals surface area contributed by atoms with Crippen LogP contribution in [-0.2, 0) is 13.7 Å². The number of aromatic carboxylic acids is 1. The van der Waals surface area contributed by atoms with Gasteiger partial charge in [-0.1, -0.05) is 35.5 Å². The van der Waals surface area contributed by atoms with Gasteiger partial charge in [0.05, 0.1) is 0 Å². The second-order valence-electron chi connectivity index (χ2n) is 6.83. The topological polar surface area (TPSA) is 118 Å². The predicted octanol–water partition coefficient (Wildman–Crippen LogP) is 2.04. The normalized spacial score (nSPS) is 15.1. The van der Waals surface area contributed by atoms with Gasteiger partial charge in [0.2, 0.25) is 0 Å². The molecular weight excluding hydrogens is 362 g/mol. The maximum Gasteiger partial charge on any atom is 0.343 e. The molecule has 0 aliphatic carbocycles. The molecule has 3 aromatic rings. The summed E-state index contributed by atoms with van der Waals surface area (Å²) in [4.78, 5) is 13.9. The van der Waals surface area contributed by atoms with Crippen LogP contribution >= 0.6 is 0 Å². The highest BCUT2D eigenvalue weighted by molar-refractivity contribution is 5.99. The molecule has 146 valence electrons. The summed E-state index contributed by atoms with van der Waals surface area (Å²) in [6.45, 7) is 1.12. The Kier molecular flexibility index (Phi) is 4.82. The van der Waals surface area contributed by atoms with E-state index in [1.54, 1.807) is 12.1 Å². The molecule has 0 spiro atoms. The van der Waals surface area contributed by atoms with E-state index in [4.69, 9.17) is 4.52 Å². The van der Waals surface area contributed by atoms with Crippen molar-refractivity contribution in [2.45, 2.75) is 25.4 Å². The third kappa shape index (κ3) is 3.13. The number of benzene rings is 1. The zero-order valence-corrected chi connectivity index (χ0v) is 15.4. The van der Waals surface area contributed by atoms with Crippen molar-refractivity contribution in [1.29, 1.82) is 0 Å². The fraction of sp³-hybridized carbons (Fsp3) is 0.368. The number of piperidine rings is 1. The van der Waals surface area contributed by atoms with E-state index < -0.39 is 5.97 Å². The summed E-state index contributed by atoms with van der Waals surface area (Å²) >= 11 is 0. The van der Waals surface area contributed by atoms with Gasteiger partial charge in [0, 0.05) is 31.6 Å². The summed E-state index contributed by atoms with van der Waals surface area (Å²) in [6, 6.07) is 9.12. The summed E-state index contributed by atoms with van der Waals surface area (Å²) in [5, 5.41) is 31.3. The van der Waals surface area contributed by atoms with Gasteiger partial charge in [0.15, 0.2) is 23.0 Å². The van der Waals surface area contributed by atoms with Gasteiger partial charge in [-0.3, -0.25) is 0 Å². The zero-order valence-electron chi connectivity index (χ0n) is 15.4. The maximum atomic E-state index is 11.9. The van der Waals surface area contributed by atoms with Gasteiger partial charge in [-0.15, -0.1) is 10.2 Å². The highest BCUT2D eigenvalue weighted by atomic mass is 16.5. The van der Waals surface area contributed by atoms with Crippen LogP contribution in [0, 0.1) is 0 Å². The molecule has 1 saturated heterocycles. The van der Waals surface area contributed by atoms with E-state index in [1.165, 1.54) is 0 Å². The minimum atomic E-state index is -1.06. The Hall–Kier alpha value is -3.20. The van der Waals surface area contributed by atoms with Gasteiger partial charge in [-0.2, -0.15) is 0 Å². The summed E-state index contributed by atoms with van der Waals surface area (Å²) in [5.41, 5.74) is 0.773. The summed E-state index contributed by atoms with van der Waals surface area (Å²) in [6.07, 6.45) is 1.56. The molecule has 0 atom stereocenters. The van der Waals surface area contributed by atoms with Crippen LogP contribution in [0.5, 0.6) is 0 Å². The van der Waals surface area contributed by atoms with Gasteiger partial charge in [0.1, 0.15) is 12.4 Å². The van der Waals surface area contributed by atoms with E-state index in [1.807, 2.05) is 34.7 Å². The molecule has 1 aromatic carbocycles. The molecule has 1 fully saturated rings. The van der Waals surface area contributed by atoms with E-state index in [0.717, 1.165) is 18.7 Å². The van der Waals surface area contributed by atoms with E-state index in [9.17, 15) is 15.0 Å². The van der Waals surface area contributed by atoms with Gasteiger partial charge in [0.25, 0.3) is 0 Å². The van der Waals surface area contributed by atoms with Crippen LogP contribution in [0.2, 0.25) is 0 Å². The average Bonchev–Trinajstić information content (AvgIpc) is 3.32. The minimum Gasteiger partial charge on any atom is -0.477 e. The number of carboxylic acids is 1. The Morgan fingerprint density at radius 3 is 2.54 bits per heavy atom. The number of hydrogen-bond acceptors (Lipinski definition) is 7. The number of rotatable bonds is 5. The minimum absolute atomic E-state index is 0.0888. The van der Waals surface area contributed by atoms with Crippen molar-refractivity contribution in [2.75, 3.05) is 18.0 Å². The molecule has 3 heterocycles. The molecule has 1 aliphatic heterocycles. The average molecular weight is 383 g/mol. The van der Waals surface area contributed by atoms with Gasteiger partial charge < -0.3 is 24.2 Å². The number of carbonyl (C=O) groups is 1. The Morgan fingerprint density at radius 2 is 1.93 bits per heavy atom. The number of aliphatic hydroxyl groups is 1. The van der Waals surface area contributed by atoms with Crippen LogP contribution in [0.15, 0.2) is 34.9 Å². The van der Waals surface area contributed by atoms with Crippen molar-refractivity contribution in [3.63, 3.8) is 0 Å². The largest absolute Gasteiger partial charge is 0.477 e. The second kappa shape index (κ2) is 7.43. The first-order valence-corrected chi connectivity index (χ1v) is 9.12. The molecule has 0 saturated carbocycles. The maximum absolute atomic E-state index is 11.9. The Morgan fingerprint density at radius 1 is 1.21 bits per heavy atom. The third-order valence-electron chi connectivity index (χ3n) is 5.22. The number of nitrogens with zero attached hydrogens (tertiary/aromatic N) is 5. The first-order valence-electron chi connectivity index (χ1n) is 9.12. The van der Waals surface area contributed by atoms with Crippen LogP contribution in [0.1, 0.15) is 40.8 Å². The lowest BCUT2D eigenvalue weighted by atomic mass is 9.95. The molecule has 0 unspecified atom stereocenters. The quantitative estimate of drug-likeness (QED) is 0.687. The molecule has 28 heavy (non-hydrogen) atoms. The lowest BCUT2D eigenvalue weighted by Gasteiger charge is -2.31. The highest BCUT2D eigenvalue weighted by Gasteiger charge is 2.31. The van der Waals surface area contributed by atoms with Crippen LogP contribution in [0.3, 0.4) is 0 Å². The second-order valence-corrected chi connectivity index (χ2v) is 6.83. The van der Waals surface area contributed by atoms with Crippen LogP contribution in [-0.4, -0.2) is 49.2 Å². The van der Waals surface area contributed by atoms with E-state index in [2.05, 4.69) is 15.4 Å². The molecule has 2 aromatic heterocycles. The Labute approximate surface area is 161 Å². The first-order chi connectivity index (χ1) is 13.6. The fourth-order valence-electron chi connectivity index (χ4n) is 3.69. The standard InChI is InChI=1S/C19H21N5O4/c1-23-14(11-25)20-21-17(23)13-7-9-24(10-8-13)18-15(19(26)27)16(28-22-18)12-5-3-2-4-6-12/h2-6,13,25H,7-11H2,1H3,(H,26,27). The lowest BCUT2D eigenvalue weighted by molar-refractivity contribution is 0.0697. The van der Waals surface area contributed by atoms with Gasteiger partial charge >= 0.3 is 5.97 Å². The monoisotopic (exact) mass is 383 g/mol. The Balaban J connectivity index is 1.56. The lowest BCUT2D eigenvalue weighted by Crippen LogP contribution is -2.34. The number of hydrogen-bond donors (Lipinski definition) is 2. The Bertz CT molecular complexity index is 974. The van der Waals surface area contributed by atoms with Crippen molar-refractivity contribution in [3.05, 3.63) is 47.5 Å². The molecule has 9 nitrogen and oxygen atoms in total. The smallest absolute Gasteiger partial charge is 0.343 e. The zero-order chi connectivity index (χ0) is 19.7.